The highest BCUT2D eigenvalue weighted by Crippen LogP contribution is 2.40. The van der Waals surface area contributed by atoms with Crippen molar-refractivity contribution in [3.8, 4) is 0 Å². The Labute approximate surface area is 118 Å². The monoisotopic (exact) mass is 276 g/mol. The van der Waals surface area contributed by atoms with Gasteiger partial charge in [0.25, 0.3) is 0 Å². The van der Waals surface area contributed by atoms with Crippen LogP contribution >= 0.6 is 11.8 Å². The molecule has 2 heterocycles. The number of nitrogens with zero attached hydrogens (tertiary/aromatic N) is 1. The molecular weight excluding hydrogens is 256 g/mol. The molecule has 102 valence electrons. The number of fused-ring (bicyclic) bond motifs is 1. The third-order valence-corrected chi connectivity index (χ3v) is 5.35. The lowest BCUT2D eigenvalue weighted by Gasteiger charge is -2.33. The standard InChI is InChI=1S/C15H20N2OS/c1-17(11-5-4-8-16-9-11)15(18)13-10-19-14-7-3-2-6-12(13)14/h2-3,6-7,11,13,16H,4-5,8-10H2,1H3. The van der Waals surface area contributed by atoms with Gasteiger partial charge in [0.15, 0.2) is 0 Å². The summed E-state index contributed by atoms with van der Waals surface area (Å²) in [5, 5.41) is 3.38. The first-order valence-electron chi connectivity index (χ1n) is 6.96. The predicted octanol–water partition coefficient (Wildman–Crippen LogP) is 2.09. The second-order valence-corrected chi connectivity index (χ2v) is 6.41. The average molecular weight is 276 g/mol. The van der Waals surface area contributed by atoms with Crippen molar-refractivity contribution in [2.24, 2.45) is 0 Å². The van der Waals surface area contributed by atoms with Gasteiger partial charge in [-0.3, -0.25) is 4.79 Å². The van der Waals surface area contributed by atoms with Crippen molar-refractivity contribution >= 4 is 17.7 Å². The number of amides is 1. The van der Waals surface area contributed by atoms with Crippen LogP contribution in [0, 0.1) is 0 Å². The van der Waals surface area contributed by atoms with E-state index in [0.717, 1.165) is 31.7 Å². The number of likely N-dealkylation sites (N-methyl/N-ethyl adjacent to an activating group) is 1. The van der Waals surface area contributed by atoms with Gasteiger partial charge < -0.3 is 10.2 Å². The second-order valence-electron chi connectivity index (χ2n) is 5.35. The molecule has 1 saturated heterocycles. The summed E-state index contributed by atoms with van der Waals surface area (Å²) >= 11 is 1.81. The Morgan fingerprint density at radius 1 is 1.42 bits per heavy atom. The molecule has 3 nitrogen and oxygen atoms in total. The molecule has 0 saturated carbocycles. The first-order valence-corrected chi connectivity index (χ1v) is 7.95. The number of nitrogens with one attached hydrogen (secondary N) is 1. The highest BCUT2D eigenvalue weighted by atomic mass is 32.2. The van der Waals surface area contributed by atoms with Crippen LogP contribution in [-0.2, 0) is 4.79 Å². The van der Waals surface area contributed by atoms with Crippen molar-refractivity contribution in [1.82, 2.24) is 10.2 Å². The highest BCUT2D eigenvalue weighted by molar-refractivity contribution is 7.99. The van der Waals surface area contributed by atoms with Gasteiger partial charge in [-0.15, -0.1) is 11.8 Å². The van der Waals surface area contributed by atoms with Crippen LogP contribution in [0.5, 0.6) is 0 Å². The first kappa shape index (κ1) is 13.0. The molecule has 3 rings (SSSR count). The predicted molar refractivity (Wildman–Crippen MR) is 78.6 cm³/mol. The molecule has 1 fully saturated rings. The van der Waals surface area contributed by atoms with Gasteiger partial charge in [0.2, 0.25) is 5.91 Å². The van der Waals surface area contributed by atoms with Crippen molar-refractivity contribution in [1.29, 1.82) is 0 Å². The van der Waals surface area contributed by atoms with E-state index in [4.69, 9.17) is 0 Å². The smallest absolute Gasteiger partial charge is 0.231 e. The molecule has 0 radical (unpaired) electrons. The molecule has 0 aliphatic carbocycles. The van der Waals surface area contributed by atoms with Gasteiger partial charge in [-0.05, 0) is 31.0 Å². The fourth-order valence-corrected chi connectivity index (χ4v) is 4.18. The molecule has 4 heteroatoms. The van der Waals surface area contributed by atoms with Gasteiger partial charge in [0, 0.05) is 30.3 Å². The van der Waals surface area contributed by atoms with Crippen LogP contribution in [0.1, 0.15) is 24.3 Å². The zero-order valence-corrected chi connectivity index (χ0v) is 12.1. The van der Waals surface area contributed by atoms with Crippen LogP contribution in [0.2, 0.25) is 0 Å². The van der Waals surface area contributed by atoms with Gasteiger partial charge in [-0.2, -0.15) is 0 Å². The molecule has 1 N–H and O–H groups in total. The number of carbonyl (C=O) groups is 1. The van der Waals surface area contributed by atoms with Gasteiger partial charge >= 0.3 is 0 Å². The Bertz CT molecular complexity index is 471. The molecule has 2 aliphatic heterocycles. The molecule has 1 aromatic rings. The molecule has 19 heavy (non-hydrogen) atoms. The lowest BCUT2D eigenvalue weighted by Crippen LogP contribution is -2.48. The molecule has 0 bridgehead atoms. The fourth-order valence-electron chi connectivity index (χ4n) is 2.96. The summed E-state index contributed by atoms with van der Waals surface area (Å²) < 4.78 is 0. The topological polar surface area (TPSA) is 32.3 Å². The third-order valence-electron chi connectivity index (χ3n) is 4.16. The minimum absolute atomic E-state index is 0.0492. The maximum absolute atomic E-state index is 12.7. The van der Waals surface area contributed by atoms with Gasteiger partial charge in [0.1, 0.15) is 0 Å². The van der Waals surface area contributed by atoms with Crippen LogP contribution in [0.25, 0.3) is 0 Å². The van der Waals surface area contributed by atoms with E-state index in [2.05, 4.69) is 17.4 Å². The van der Waals surface area contributed by atoms with Crippen molar-refractivity contribution in [2.75, 3.05) is 25.9 Å². The Kier molecular flexibility index (Phi) is 3.80. The van der Waals surface area contributed by atoms with E-state index in [0.29, 0.717) is 6.04 Å². The van der Waals surface area contributed by atoms with E-state index in [1.807, 2.05) is 24.1 Å². The lowest BCUT2D eigenvalue weighted by atomic mass is 9.98. The Hall–Kier alpha value is -1.00. The normalized spacial score (nSPS) is 25.9. The lowest BCUT2D eigenvalue weighted by molar-refractivity contribution is -0.133. The van der Waals surface area contributed by atoms with E-state index >= 15 is 0 Å². The Morgan fingerprint density at radius 3 is 3.05 bits per heavy atom. The van der Waals surface area contributed by atoms with Crippen molar-refractivity contribution in [2.45, 2.75) is 29.7 Å². The molecule has 0 aromatic heterocycles. The third kappa shape index (κ3) is 2.51. The van der Waals surface area contributed by atoms with E-state index in [1.165, 1.54) is 10.5 Å². The minimum atomic E-state index is 0.0492. The Morgan fingerprint density at radius 2 is 2.26 bits per heavy atom. The number of hydrogen-bond acceptors (Lipinski definition) is 3. The summed E-state index contributed by atoms with van der Waals surface area (Å²) in [6.07, 6.45) is 2.29. The van der Waals surface area contributed by atoms with E-state index in [9.17, 15) is 4.79 Å². The van der Waals surface area contributed by atoms with Crippen molar-refractivity contribution < 1.29 is 4.79 Å². The second kappa shape index (κ2) is 5.55. The Balaban J connectivity index is 1.74. The average Bonchev–Trinajstić information content (AvgIpc) is 2.90. The largest absolute Gasteiger partial charge is 0.341 e. The van der Waals surface area contributed by atoms with Gasteiger partial charge in [-0.1, -0.05) is 18.2 Å². The van der Waals surface area contributed by atoms with E-state index in [1.54, 1.807) is 11.8 Å². The van der Waals surface area contributed by atoms with Crippen molar-refractivity contribution in [3.05, 3.63) is 29.8 Å². The van der Waals surface area contributed by atoms with E-state index in [-0.39, 0.29) is 11.8 Å². The minimum Gasteiger partial charge on any atom is -0.341 e. The summed E-state index contributed by atoms with van der Waals surface area (Å²) in [7, 11) is 1.96. The fraction of sp³-hybridized carbons (Fsp3) is 0.533. The maximum Gasteiger partial charge on any atom is 0.231 e. The summed E-state index contributed by atoms with van der Waals surface area (Å²) in [6.45, 7) is 2.02. The molecule has 1 aromatic carbocycles. The van der Waals surface area contributed by atoms with Crippen LogP contribution < -0.4 is 5.32 Å². The zero-order valence-electron chi connectivity index (χ0n) is 11.3. The van der Waals surface area contributed by atoms with Crippen LogP contribution in [0.3, 0.4) is 0 Å². The summed E-state index contributed by atoms with van der Waals surface area (Å²) in [4.78, 5) is 15.9. The molecule has 2 atom stereocenters. The maximum atomic E-state index is 12.7. The van der Waals surface area contributed by atoms with Crippen LogP contribution in [-0.4, -0.2) is 42.7 Å². The number of hydrogen-bond donors (Lipinski definition) is 1. The number of piperidine rings is 1. The van der Waals surface area contributed by atoms with Gasteiger partial charge in [-0.25, -0.2) is 0 Å². The summed E-state index contributed by atoms with van der Waals surface area (Å²) in [6, 6.07) is 8.67. The highest BCUT2D eigenvalue weighted by Gasteiger charge is 2.33. The summed E-state index contributed by atoms with van der Waals surface area (Å²) in [5.74, 6) is 1.22. The van der Waals surface area contributed by atoms with Crippen molar-refractivity contribution in [3.63, 3.8) is 0 Å². The zero-order chi connectivity index (χ0) is 13.2. The van der Waals surface area contributed by atoms with Crippen LogP contribution in [0.15, 0.2) is 29.2 Å². The molecule has 2 unspecified atom stereocenters. The van der Waals surface area contributed by atoms with Gasteiger partial charge in [0.05, 0.1) is 5.92 Å². The molecule has 0 spiro atoms. The number of thioether (sulfide) groups is 1. The molecular formula is C15H20N2OS. The van der Waals surface area contributed by atoms with Crippen LogP contribution in [0.4, 0.5) is 0 Å². The molecule has 1 amide bonds. The number of carbonyl (C=O) groups excluding carboxylic acids is 1. The number of rotatable bonds is 2. The first-order chi connectivity index (χ1) is 9.27. The van der Waals surface area contributed by atoms with E-state index < -0.39 is 0 Å². The molecule has 2 aliphatic rings. The quantitative estimate of drug-likeness (QED) is 0.897. The summed E-state index contributed by atoms with van der Waals surface area (Å²) in [5.41, 5.74) is 1.22. The number of benzene rings is 1. The SMILES string of the molecule is CN(C(=O)C1CSc2ccccc21)C1CCCNC1.